The summed E-state index contributed by atoms with van der Waals surface area (Å²) in [5.74, 6) is -0.115. The van der Waals surface area contributed by atoms with Crippen LogP contribution in [0.15, 0.2) is 29.0 Å². The van der Waals surface area contributed by atoms with Crippen LogP contribution < -0.4 is 5.32 Å². The zero-order valence-corrected chi connectivity index (χ0v) is 13.2. The number of carbonyl (C=O) groups is 2. The van der Waals surface area contributed by atoms with Gasteiger partial charge in [-0.1, -0.05) is 0 Å². The Labute approximate surface area is 132 Å². The molecule has 1 N–H and O–H groups in total. The summed E-state index contributed by atoms with van der Waals surface area (Å²) in [6.07, 6.45) is 2.05. The van der Waals surface area contributed by atoms with Crippen molar-refractivity contribution in [2.45, 2.75) is 26.4 Å². The summed E-state index contributed by atoms with van der Waals surface area (Å²) in [6.45, 7) is 5.28. The Morgan fingerprint density at radius 1 is 1.30 bits per heavy atom. The molecule has 2 heterocycles. The molecular weight excluding hydrogens is 302 g/mol. The van der Waals surface area contributed by atoms with Crippen LogP contribution in [-0.2, 0) is 9.47 Å². The molecule has 23 heavy (non-hydrogen) atoms. The zero-order chi connectivity index (χ0) is 17.0. The van der Waals surface area contributed by atoms with Crippen molar-refractivity contribution in [2.75, 3.05) is 12.4 Å². The van der Waals surface area contributed by atoms with Crippen molar-refractivity contribution < 1.29 is 23.5 Å². The molecule has 0 fully saturated rings. The number of pyridine rings is 1. The molecule has 0 saturated carbocycles. The third-order valence-corrected chi connectivity index (χ3v) is 2.53. The second kappa shape index (κ2) is 6.47. The number of hydrogen-bond acceptors (Lipinski definition) is 7. The summed E-state index contributed by atoms with van der Waals surface area (Å²) in [6, 6.07) is 3.18. The summed E-state index contributed by atoms with van der Waals surface area (Å²) < 4.78 is 14.9. The normalized spacial score (nSPS) is 11.0. The summed E-state index contributed by atoms with van der Waals surface area (Å²) in [5.41, 5.74) is -0.0122. The minimum atomic E-state index is -0.621. The number of oxazole rings is 1. The van der Waals surface area contributed by atoms with Crippen molar-refractivity contribution in [1.29, 1.82) is 0 Å². The summed E-state index contributed by atoms with van der Waals surface area (Å²) in [5, 5.41) is 2.52. The minimum absolute atomic E-state index is 0.0564. The number of rotatable bonds is 3. The molecule has 2 rings (SSSR count). The second-order valence-corrected chi connectivity index (χ2v) is 5.59. The third kappa shape index (κ3) is 4.53. The number of nitrogens with zero attached hydrogens (tertiary/aromatic N) is 2. The number of aromatic nitrogens is 2. The molecule has 8 heteroatoms. The highest BCUT2D eigenvalue weighted by Gasteiger charge is 2.18. The number of carbonyl (C=O) groups excluding carboxylic acids is 2. The monoisotopic (exact) mass is 319 g/mol. The lowest BCUT2D eigenvalue weighted by atomic mass is 10.2. The van der Waals surface area contributed by atoms with Gasteiger partial charge in [-0.25, -0.2) is 19.6 Å². The molecular formula is C15H17N3O5. The molecule has 0 atom stereocenters. The molecule has 0 saturated heterocycles. The van der Waals surface area contributed by atoms with E-state index in [4.69, 9.17) is 9.15 Å². The Kier molecular flexibility index (Phi) is 4.63. The van der Waals surface area contributed by atoms with Crippen LogP contribution in [0.4, 0.5) is 10.6 Å². The van der Waals surface area contributed by atoms with Crippen molar-refractivity contribution in [3.63, 3.8) is 0 Å². The van der Waals surface area contributed by atoms with Crippen molar-refractivity contribution in [3.8, 4) is 11.5 Å². The molecule has 8 nitrogen and oxygen atoms in total. The maximum Gasteiger partial charge on any atom is 0.413 e. The van der Waals surface area contributed by atoms with E-state index >= 15 is 0 Å². The maximum absolute atomic E-state index is 11.7. The molecule has 122 valence electrons. The molecule has 2 aromatic heterocycles. The van der Waals surface area contributed by atoms with E-state index in [1.807, 2.05) is 0 Å². The standard InChI is InChI=1S/C15H17N3O5/c1-15(2,3)23-14(20)18-11-7-9(5-6-16-11)12-17-10(8-22-12)13(19)21-4/h5-8H,1-4H3,(H,16,18,20). The van der Waals surface area contributed by atoms with Gasteiger partial charge in [-0.2, -0.15) is 0 Å². The molecule has 0 aliphatic carbocycles. The van der Waals surface area contributed by atoms with Crippen LogP contribution >= 0.6 is 0 Å². The number of nitrogens with one attached hydrogen (secondary N) is 1. The summed E-state index contributed by atoms with van der Waals surface area (Å²) in [4.78, 5) is 31.1. The van der Waals surface area contributed by atoms with Crippen molar-refractivity contribution >= 4 is 17.9 Å². The van der Waals surface area contributed by atoms with Gasteiger partial charge in [0.15, 0.2) is 5.69 Å². The minimum Gasteiger partial charge on any atom is -0.464 e. The predicted molar refractivity (Wildman–Crippen MR) is 80.9 cm³/mol. The quantitative estimate of drug-likeness (QED) is 0.867. The van der Waals surface area contributed by atoms with Crippen LogP contribution in [0.25, 0.3) is 11.5 Å². The van der Waals surface area contributed by atoms with E-state index in [0.717, 1.165) is 0 Å². The Hall–Kier alpha value is -2.90. The van der Waals surface area contributed by atoms with Gasteiger partial charge in [0, 0.05) is 11.8 Å². The molecule has 0 aromatic carbocycles. The van der Waals surface area contributed by atoms with Gasteiger partial charge in [0.2, 0.25) is 5.89 Å². The lowest BCUT2D eigenvalue weighted by Gasteiger charge is -2.19. The van der Waals surface area contributed by atoms with E-state index < -0.39 is 17.7 Å². The van der Waals surface area contributed by atoms with Gasteiger partial charge in [0.25, 0.3) is 0 Å². The van der Waals surface area contributed by atoms with E-state index in [1.54, 1.807) is 32.9 Å². The first-order valence-corrected chi connectivity index (χ1v) is 6.79. The molecule has 1 amide bonds. The van der Waals surface area contributed by atoms with Gasteiger partial charge in [0.05, 0.1) is 7.11 Å². The predicted octanol–water partition coefficient (Wildman–Crippen LogP) is 2.87. The van der Waals surface area contributed by atoms with Crippen LogP contribution in [0.1, 0.15) is 31.3 Å². The van der Waals surface area contributed by atoms with E-state index in [-0.39, 0.29) is 17.4 Å². The number of esters is 1. The highest BCUT2D eigenvalue weighted by atomic mass is 16.6. The van der Waals surface area contributed by atoms with Crippen molar-refractivity contribution in [3.05, 3.63) is 30.3 Å². The number of amides is 1. The Morgan fingerprint density at radius 3 is 2.70 bits per heavy atom. The van der Waals surface area contributed by atoms with Gasteiger partial charge in [-0.15, -0.1) is 0 Å². The fourth-order valence-electron chi connectivity index (χ4n) is 1.64. The molecule has 0 radical (unpaired) electrons. The first-order chi connectivity index (χ1) is 10.8. The Bertz CT molecular complexity index is 718. The van der Waals surface area contributed by atoms with Crippen LogP contribution in [0.5, 0.6) is 0 Å². The second-order valence-electron chi connectivity index (χ2n) is 5.59. The highest BCUT2D eigenvalue weighted by molar-refractivity contribution is 5.87. The first kappa shape index (κ1) is 16.5. The van der Waals surface area contributed by atoms with Crippen molar-refractivity contribution in [2.24, 2.45) is 0 Å². The average molecular weight is 319 g/mol. The smallest absolute Gasteiger partial charge is 0.413 e. The topological polar surface area (TPSA) is 104 Å². The molecule has 0 unspecified atom stereocenters. The zero-order valence-electron chi connectivity index (χ0n) is 13.2. The molecule has 0 spiro atoms. The number of anilines is 1. The van der Waals surface area contributed by atoms with E-state index in [1.165, 1.54) is 19.6 Å². The number of methoxy groups -OCH3 is 1. The molecule has 0 aliphatic rings. The average Bonchev–Trinajstić information content (AvgIpc) is 2.94. The van der Waals surface area contributed by atoms with Crippen molar-refractivity contribution in [1.82, 2.24) is 9.97 Å². The first-order valence-electron chi connectivity index (χ1n) is 6.79. The maximum atomic E-state index is 11.7. The van der Waals surface area contributed by atoms with Crippen LogP contribution in [-0.4, -0.2) is 34.7 Å². The summed E-state index contributed by atoms with van der Waals surface area (Å²) >= 11 is 0. The molecule has 0 bridgehead atoms. The van der Waals surface area contributed by atoms with Gasteiger partial charge in [-0.3, -0.25) is 5.32 Å². The van der Waals surface area contributed by atoms with Gasteiger partial charge in [0.1, 0.15) is 17.7 Å². The third-order valence-electron chi connectivity index (χ3n) is 2.53. The molecule has 0 aliphatic heterocycles. The van der Waals surface area contributed by atoms with Crippen LogP contribution in [0, 0.1) is 0 Å². The fourth-order valence-corrected chi connectivity index (χ4v) is 1.64. The number of hydrogen-bond donors (Lipinski definition) is 1. The highest BCUT2D eigenvalue weighted by Crippen LogP contribution is 2.21. The van der Waals surface area contributed by atoms with Crippen LogP contribution in [0.2, 0.25) is 0 Å². The molecule has 2 aromatic rings. The van der Waals surface area contributed by atoms with E-state index in [2.05, 4.69) is 20.0 Å². The van der Waals surface area contributed by atoms with Gasteiger partial charge < -0.3 is 13.9 Å². The van der Waals surface area contributed by atoms with E-state index in [9.17, 15) is 9.59 Å². The van der Waals surface area contributed by atoms with Crippen LogP contribution in [0.3, 0.4) is 0 Å². The SMILES string of the molecule is COC(=O)c1coc(-c2ccnc(NC(=O)OC(C)(C)C)c2)n1. The lowest BCUT2D eigenvalue weighted by Crippen LogP contribution is -2.27. The fraction of sp³-hybridized carbons (Fsp3) is 0.333. The Balaban J connectivity index is 2.15. The van der Waals surface area contributed by atoms with Gasteiger partial charge in [-0.05, 0) is 32.9 Å². The summed E-state index contributed by atoms with van der Waals surface area (Å²) in [7, 11) is 1.26. The largest absolute Gasteiger partial charge is 0.464 e. The Morgan fingerprint density at radius 2 is 2.04 bits per heavy atom. The lowest BCUT2D eigenvalue weighted by molar-refractivity contribution is 0.0591. The number of ether oxygens (including phenoxy) is 2. The van der Waals surface area contributed by atoms with E-state index in [0.29, 0.717) is 5.56 Å². The van der Waals surface area contributed by atoms with Gasteiger partial charge >= 0.3 is 12.1 Å².